The van der Waals surface area contributed by atoms with Crippen LogP contribution in [0.1, 0.15) is 122 Å². The van der Waals surface area contributed by atoms with Gasteiger partial charge in [-0.05, 0) is 12.0 Å². The lowest BCUT2D eigenvalue weighted by molar-refractivity contribution is -0.141. The average Bonchev–Trinajstić information content (AvgIpc) is 2.78. The summed E-state index contributed by atoms with van der Waals surface area (Å²) in [5, 5.41) is 9.48. The summed E-state index contributed by atoms with van der Waals surface area (Å²) >= 11 is 1.75. The SMILES string of the molecule is CCCCCCCCCCCCCCCCCCC(CSCc1ccccc1)C(=O)O. The highest BCUT2D eigenvalue weighted by atomic mass is 32.2. The molecular weight excluding hydrogens is 400 g/mol. The van der Waals surface area contributed by atoms with E-state index >= 15 is 0 Å². The Bertz CT molecular complexity index is 517. The fraction of sp³-hybridized carbons (Fsp3) is 0.750. The third-order valence-corrected chi connectivity index (χ3v) is 7.36. The number of carbonyl (C=O) groups is 1. The second kappa shape index (κ2) is 20.9. The molecule has 1 aromatic rings. The van der Waals surface area contributed by atoms with Crippen LogP contribution in [0, 0.1) is 5.92 Å². The summed E-state index contributed by atoms with van der Waals surface area (Å²) in [5.74, 6) is 0.814. The fourth-order valence-corrected chi connectivity index (χ4v) is 5.25. The van der Waals surface area contributed by atoms with E-state index in [1.54, 1.807) is 11.8 Å². The molecule has 3 heteroatoms. The van der Waals surface area contributed by atoms with Crippen LogP contribution in [-0.2, 0) is 10.5 Å². The molecule has 0 aliphatic rings. The molecule has 0 aromatic heterocycles. The number of aliphatic carboxylic acids is 1. The van der Waals surface area contributed by atoms with Crippen molar-refractivity contribution in [3.63, 3.8) is 0 Å². The molecule has 2 nitrogen and oxygen atoms in total. The predicted octanol–water partition coefficient (Wildman–Crippen LogP) is 9.27. The standard InChI is InChI=1S/C28H48O2S/c1-2-3-4-5-6-7-8-9-10-11-12-13-14-15-16-20-23-27(28(29)30)25-31-24-26-21-18-17-19-22-26/h17-19,21-22,27H,2-16,20,23-25H2,1H3,(H,29,30). The van der Waals surface area contributed by atoms with Gasteiger partial charge in [0.25, 0.3) is 0 Å². The van der Waals surface area contributed by atoms with Gasteiger partial charge in [-0.2, -0.15) is 11.8 Å². The Morgan fingerprint density at radius 2 is 1.19 bits per heavy atom. The van der Waals surface area contributed by atoms with Crippen LogP contribution in [0.15, 0.2) is 30.3 Å². The topological polar surface area (TPSA) is 37.3 Å². The van der Waals surface area contributed by atoms with E-state index in [1.165, 1.54) is 102 Å². The van der Waals surface area contributed by atoms with Gasteiger partial charge in [-0.25, -0.2) is 0 Å². The van der Waals surface area contributed by atoms with Crippen LogP contribution in [0.25, 0.3) is 0 Å². The first kappa shape index (κ1) is 28.1. The summed E-state index contributed by atoms with van der Waals surface area (Å²) in [6, 6.07) is 10.3. The molecule has 0 fully saturated rings. The smallest absolute Gasteiger partial charge is 0.307 e. The number of rotatable bonds is 22. The zero-order chi connectivity index (χ0) is 22.4. The average molecular weight is 449 g/mol. The maximum Gasteiger partial charge on any atom is 0.307 e. The molecule has 1 unspecified atom stereocenters. The molecule has 0 saturated carbocycles. The summed E-state index contributed by atoms with van der Waals surface area (Å²) in [4.78, 5) is 11.5. The summed E-state index contributed by atoms with van der Waals surface area (Å²) in [5.41, 5.74) is 1.28. The molecule has 0 amide bonds. The lowest BCUT2D eigenvalue weighted by Crippen LogP contribution is -2.16. The Morgan fingerprint density at radius 1 is 0.742 bits per heavy atom. The normalized spacial score (nSPS) is 12.2. The van der Waals surface area contributed by atoms with E-state index in [2.05, 4.69) is 19.1 Å². The van der Waals surface area contributed by atoms with Gasteiger partial charge in [0.15, 0.2) is 0 Å². The van der Waals surface area contributed by atoms with Crippen molar-refractivity contribution < 1.29 is 9.90 Å². The van der Waals surface area contributed by atoms with E-state index in [4.69, 9.17) is 0 Å². The number of hydrogen-bond donors (Lipinski definition) is 1. The van der Waals surface area contributed by atoms with E-state index in [1.807, 2.05) is 18.2 Å². The zero-order valence-corrected chi connectivity index (χ0v) is 21.0. The van der Waals surface area contributed by atoms with Gasteiger partial charge < -0.3 is 5.11 Å². The van der Waals surface area contributed by atoms with Crippen LogP contribution < -0.4 is 0 Å². The monoisotopic (exact) mass is 448 g/mol. The summed E-state index contributed by atoms with van der Waals surface area (Å²) < 4.78 is 0. The summed E-state index contributed by atoms with van der Waals surface area (Å²) in [6.45, 7) is 2.28. The van der Waals surface area contributed by atoms with Crippen LogP contribution in [0.5, 0.6) is 0 Å². The largest absolute Gasteiger partial charge is 0.481 e. The predicted molar refractivity (Wildman–Crippen MR) is 138 cm³/mol. The molecular formula is C28H48O2S. The van der Waals surface area contributed by atoms with Gasteiger partial charge in [0.1, 0.15) is 0 Å². The van der Waals surface area contributed by atoms with Crippen LogP contribution in [0.4, 0.5) is 0 Å². The van der Waals surface area contributed by atoms with E-state index in [0.29, 0.717) is 0 Å². The highest BCUT2D eigenvalue weighted by Gasteiger charge is 2.16. The first-order valence-corrected chi connectivity index (χ1v) is 14.2. The second-order valence-corrected chi connectivity index (χ2v) is 10.2. The summed E-state index contributed by atoms with van der Waals surface area (Å²) in [7, 11) is 0. The Balaban J connectivity index is 1.87. The van der Waals surface area contributed by atoms with Crippen molar-refractivity contribution in [2.75, 3.05) is 5.75 Å². The number of thioether (sulfide) groups is 1. The minimum absolute atomic E-state index is 0.194. The Kier molecular flexibility index (Phi) is 18.9. The highest BCUT2D eigenvalue weighted by Crippen LogP contribution is 2.21. The van der Waals surface area contributed by atoms with Gasteiger partial charge in [-0.1, -0.05) is 140 Å². The van der Waals surface area contributed by atoms with Crippen LogP contribution in [0.2, 0.25) is 0 Å². The third-order valence-electron chi connectivity index (χ3n) is 6.19. The first-order chi connectivity index (χ1) is 15.2. The Morgan fingerprint density at radius 3 is 1.65 bits per heavy atom. The van der Waals surface area contributed by atoms with Crippen molar-refractivity contribution in [2.45, 2.75) is 122 Å². The molecule has 178 valence electrons. The molecule has 0 radical (unpaired) electrons. The lowest BCUT2D eigenvalue weighted by atomic mass is 10.0. The van der Waals surface area contributed by atoms with E-state index in [-0.39, 0.29) is 5.92 Å². The molecule has 1 rings (SSSR count). The van der Waals surface area contributed by atoms with Gasteiger partial charge >= 0.3 is 5.97 Å². The second-order valence-electron chi connectivity index (χ2n) is 9.13. The first-order valence-electron chi connectivity index (χ1n) is 13.1. The maximum absolute atomic E-state index is 11.5. The van der Waals surface area contributed by atoms with Crippen LogP contribution in [0.3, 0.4) is 0 Å². The minimum Gasteiger partial charge on any atom is -0.481 e. The van der Waals surface area contributed by atoms with Gasteiger partial charge in [0.05, 0.1) is 5.92 Å². The van der Waals surface area contributed by atoms with Gasteiger partial charge in [-0.3, -0.25) is 4.79 Å². The van der Waals surface area contributed by atoms with E-state index in [0.717, 1.165) is 24.3 Å². The summed E-state index contributed by atoms with van der Waals surface area (Å²) in [6.07, 6.45) is 22.6. The fourth-order valence-electron chi connectivity index (χ4n) is 4.11. The van der Waals surface area contributed by atoms with E-state index < -0.39 is 5.97 Å². The molecule has 31 heavy (non-hydrogen) atoms. The lowest BCUT2D eigenvalue weighted by Gasteiger charge is -2.12. The Hall–Kier alpha value is -0.960. The molecule has 0 bridgehead atoms. The molecule has 1 N–H and O–H groups in total. The molecule has 1 aromatic carbocycles. The van der Waals surface area contributed by atoms with Crippen LogP contribution in [-0.4, -0.2) is 16.8 Å². The third kappa shape index (κ3) is 17.3. The van der Waals surface area contributed by atoms with E-state index in [9.17, 15) is 9.90 Å². The molecule has 0 saturated heterocycles. The van der Waals surface area contributed by atoms with Crippen molar-refractivity contribution in [3.05, 3.63) is 35.9 Å². The molecule has 1 atom stereocenters. The maximum atomic E-state index is 11.5. The van der Waals surface area contributed by atoms with Crippen molar-refractivity contribution in [1.29, 1.82) is 0 Å². The molecule has 0 heterocycles. The quantitative estimate of drug-likeness (QED) is 0.180. The van der Waals surface area contributed by atoms with Gasteiger partial charge in [-0.15, -0.1) is 0 Å². The number of carboxylic acids is 1. The van der Waals surface area contributed by atoms with Crippen molar-refractivity contribution in [1.82, 2.24) is 0 Å². The molecule has 0 aliphatic carbocycles. The number of carboxylic acid groups (broad SMARTS) is 1. The van der Waals surface area contributed by atoms with Crippen molar-refractivity contribution in [2.24, 2.45) is 5.92 Å². The van der Waals surface area contributed by atoms with Crippen molar-refractivity contribution >= 4 is 17.7 Å². The Labute approximate surface area is 197 Å². The molecule has 0 aliphatic heterocycles. The van der Waals surface area contributed by atoms with Crippen molar-refractivity contribution in [3.8, 4) is 0 Å². The minimum atomic E-state index is -0.624. The number of hydrogen-bond acceptors (Lipinski definition) is 2. The highest BCUT2D eigenvalue weighted by molar-refractivity contribution is 7.98. The zero-order valence-electron chi connectivity index (χ0n) is 20.2. The van der Waals surface area contributed by atoms with Gasteiger partial charge in [0, 0.05) is 11.5 Å². The number of unbranched alkanes of at least 4 members (excludes halogenated alkanes) is 15. The number of benzene rings is 1. The molecule has 0 spiro atoms. The van der Waals surface area contributed by atoms with Gasteiger partial charge in [0.2, 0.25) is 0 Å². The van der Waals surface area contributed by atoms with Crippen LogP contribution >= 0.6 is 11.8 Å².